The molecule has 3 aromatic rings. The number of hydrogen-bond acceptors (Lipinski definition) is 10. The van der Waals surface area contributed by atoms with E-state index in [1.165, 1.54) is 0 Å². The number of nitrogens with one attached hydrogen (secondary N) is 3. The molecule has 0 spiro atoms. The lowest BCUT2D eigenvalue weighted by Crippen LogP contribution is -2.33. The van der Waals surface area contributed by atoms with E-state index in [0.29, 0.717) is 50.5 Å². The number of methoxy groups -OCH3 is 1. The Morgan fingerprint density at radius 1 is 1.02 bits per heavy atom. The summed E-state index contributed by atoms with van der Waals surface area (Å²) in [7, 11) is 1.62. The van der Waals surface area contributed by atoms with Gasteiger partial charge < -0.3 is 38.5 Å². The molecule has 1 saturated heterocycles. The molecule has 2 amide bonds. The molecule has 0 radical (unpaired) electrons. The van der Waals surface area contributed by atoms with Gasteiger partial charge in [-0.2, -0.15) is 0 Å². The summed E-state index contributed by atoms with van der Waals surface area (Å²) in [5.74, 6) is 1.52. The van der Waals surface area contributed by atoms with Gasteiger partial charge in [0.05, 0.1) is 45.2 Å². The molecule has 1 aliphatic heterocycles. The van der Waals surface area contributed by atoms with Crippen LogP contribution in [0.1, 0.15) is 74.6 Å². The van der Waals surface area contributed by atoms with Crippen LogP contribution >= 0.6 is 0 Å². The minimum atomic E-state index is -0.747. The van der Waals surface area contributed by atoms with Crippen molar-refractivity contribution in [2.75, 3.05) is 38.9 Å². The second-order valence-corrected chi connectivity index (χ2v) is 12.0. The molecule has 2 fully saturated rings. The fourth-order valence-electron chi connectivity index (χ4n) is 5.82. The van der Waals surface area contributed by atoms with Crippen LogP contribution in [-0.4, -0.2) is 68.6 Å². The molecule has 0 unspecified atom stereocenters. The number of aromatic amines is 1. The van der Waals surface area contributed by atoms with Crippen molar-refractivity contribution in [2.45, 2.75) is 77.4 Å². The van der Waals surface area contributed by atoms with Gasteiger partial charge in [-0.3, -0.25) is 5.32 Å². The third kappa shape index (κ3) is 9.63. The van der Waals surface area contributed by atoms with Gasteiger partial charge in [0.1, 0.15) is 24.2 Å². The quantitative estimate of drug-likeness (QED) is 0.221. The van der Waals surface area contributed by atoms with Crippen molar-refractivity contribution in [1.82, 2.24) is 10.00 Å². The lowest BCUT2D eigenvalue weighted by Gasteiger charge is -2.19. The number of benzene rings is 2. The Hall–Kier alpha value is -4.82. The van der Waals surface area contributed by atoms with Crippen LogP contribution < -0.4 is 25.2 Å². The van der Waals surface area contributed by atoms with Gasteiger partial charge in [0.25, 0.3) is 0 Å². The molecule has 2 aromatic carbocycles. The van der Waals surface area contributed by atoms with Gasteiger partial charge in [0.2, 0.25) is 5.69 Å². The van der Waals surface area contributed by atoms with Crippen LogP contribution in [0.2, 0.25) is 0 Å². The van der Waals surface area contributed by atoms with Crippen LogP contribution in [0, 0.1) is 0 Å². The van der Waals surface area contributed by atoms with Crippen molar-refractivity contribution in [2.24, 2.45) is 0 Å². The number of aromatic nitrogens is 2. The Bertz CT molecular complexity index is 1570. The van der Waals surface area contributed by atoms with Gasteiger partial charge in [-0.1, -0.05) is 24.3 Å². The number of rotatable bonds is 13. The number of ether oxygens (including phenoxy) is 7. The van der Waals surface area contributed by atoms with Crippen molar-refractivity contribution >= 4 is 24.1 Å². The molecule has 49 heavy (non-hydrogen) atoms. The predicted molar refractivity (Wildman–Crippen MR) is 176 cm³/mol. The van der Waals surface area contributed by atoms with Gasteiger partial charge in [-0.25, -0.2) is 14.4 Å². The maximum atomic E-state index is 13.0. The van der Waals surface area contributed by atoms with E-state index in [1.807, 2.05) is 56.3 Å². The molecule has 264 valence electrons. The first-order valence-electron chi connectivity index (χ1n) is 16.6. The highest BCUT2D eigenvalue weighted by atomic mass is 16.7. The molecule has 3 N–H and O–H groups in total. The summed E-state index contributed by atoms with van der Waals surface area (Å²) >= 11 is 0. The van der Waals surface area contributed by atoms with Gasteiger partial charge in [-0.15, -0.1) is 5.10 Å². The molecule has 2 aliphatic rings. The SMILES string of the molecule is CCOC(=O)n1[nH+]c([C@H]2CC[C@@H](OC(=O)NC(C)C)C2)cc1NC(=O)OCCc1cccc(OCc2ccc(OC)cc2)c1C1OCCO1. The number of amides is 2. The monoisotopic (exact) mass is 681 g/mol. The molecule has 1 saturated carbocycles. The number of carbonyl (C=O) groups excluding carboxylic acids is 3. The molecule has 2 heterocycles. The highest BCUT2D eigenvalue weighted by molar-refractivity contribution is 5.86. The third-order valence-corrected chi connectivity index (χ3v) is 8.13. The normalized spacial score (nSPS) is 17.5. The van der Waals surface area contributed by atoms with E-state index in [2.05, 4.69) is 15.7 Å². The third-order valence-electron chi connectivity index (χ3n) is 8.13. The molecule has 1 aromatic heterocycles. The smallest absolute Gasteiger partial charge is 0.469 e. The molecule has 2 atom stereocenters. The van der Waals surface area contributed by atoms with Crippen LogP contribution in [0.4, 0.5) is 20.2 Å². The first-order chi connectivity index (χ1) is 23.7. The average molecular weight is 682 g/mol. The van der Waals surface area contributed by atoms with E-state index in [1.54, 1.807) is 20.1 Å². The van der Waals surface area contributed by atoms with Crippen LogP contribution in [0.15, 0.2) is 48.5 Å². The first-order valence-corrected chi connectivity index (χ1v) is 16.6. The summed E-state index contributed by atoms with van der Waals surface area (Å²) in [6.07, 6.45) is -0.430. The molecular formula is C35H45N4O10+. The summed E-state index contributed by atoms with van der Waals surface area (Å²) in [5.41, 5.74) is 3.26. The second-order valence-electron chi connectivity index (χ2n) is 12.0. The topological polar surface area (TPSA) is 159 Å². The zero-order chi connectivity index (χ0) is 34.8. The molecule has 5 rings (SSSR count). The number of nitrogens with zero attached hydrogens (tertiary/aromatic N) is 1. The minimum absolute atomic E-state index is 0.0261. The summed E-state index contributed by atoms with van der Waals surface area (Å²) in [4.78, 5) is 37.8. The Morgan fingerprint density at radius 2 is 1.80 bits per heavy atom. The lowest BCUT2D eigenvalue weighted by atomic mass is 10.0. The fourth-order valence-corrected chi connectivity index (χ4v) is 5.82. The van der Waals surface area contributed by atoms with Crippen molar-refractivity contribution < 1.29 is 52.6 Å². The van der Waals surface area contributed by atoms with Crippen molar-refractivity contribution in [3.8, 4) is 11.5 Å². The van der Waals surface area contributed by atoms with Crippen molar-refractivity contribution in [3.63, 3.8) is 0 Å². The Balaban J connectivity index is 1.21. The highest BCUT2D eigenvalue weighted by Gasteiger charge is 2.35. The maximum Gasteiger partial charge on any atom is 0.469 e. The van der Waals surface area contributed by atoms with E-state index in [9.17, 15) is 14.4 Å². The largest absolute Gasteiger partial charge is 0.497 e. The average Bonchev–Trinajstić information content (AvgIpc) is 3.86. The zero-order valence-electron chi connectivity index (χ0n) is 28.3. The highest BCUT2D eigenvalue weighted by Crippen LogP contribution is 2.36. The second kappa shape index (κ2) is 17.0. The Kier molecular flexibility index (Phi) is 12.3. The molecule has 14 nitrogen and oxygen atoms in total. The lowest BCUT2D eigenvalue weighted by molar-refractivity contribution is -0.483. The summed E-state index contributed by atoms with van der Waals surface area (Å²) in [5, 5.41) is 8.44. The predicted octanol–water partition coefficient (Wildman–Crippen LogP) is 5.50. The van der Waals surface area contributed by atoms with Gasteiger partial charge in [0.15, 0.2) is 12.1 Å². The zero-order valence-corrected chi connectivity index (χ0v) is 28.3. The van der Waals surface area contributed by atoms with Crippen molar-refractivity contribution in [1.29, 1.82) is 0 Å². The van der Waals surface area contributed by atoms with Crippen LogP contribution in [0.3, 0.4) is 0 Å². The number of carbonyl (C=O) groups is 3. The number of alkyl carbamates (subject to hydrolysis) is 1. The Labute approximate surface area is 285 Å². The standard InChI is InChI=1S/C35H44N4O10/c1-5-44-35(42)39-30(20-28(38-39)25-11-14-27(19-25)49-34(41)36-22(2)3)37-33(40)47-16-15-24-7-6-8-29(31(24)32-45-17-18-46-32)48-21-23-9-12-26(43-4)13-10-23/h6-10,12-13,20,22,25,27,32H,5,11,14-19,21H2,1-4H3,(H,36,41)(H,37,40)/p+1/t25-,27+/m0/s1. The number of H-pyrrole nitrogens is 1. The van der Waals surface area contributed by atoms with E-state index in [-0.39, 0.29) is 37.1 Å². The molecular weight excluding hydrogens is 636 g/mol. The molecule has 14 heteroatoms. The summed E-state index contributed by atoms with van der Waals surface area (Å²) in [6, 6.07) is 14.9. The maximum absolute atomic E-state index is 13.0. The van der Waals surface area contributed by atoms with Gasteiger partial charge in [0, 0.05) is 18.4 Å². The minimum Gasteiger partial charge on any atom is -0.497 e. The van der Waals surface area contributed by atoms with E-state index >= 15 is 0 Å². The van der Waals surface area contributed by atoms with Crippen molar-refractivity contribution in [3.05, 3.63) is 70.9 Å². The van der Waals surface area contributed by atoms with Gasteiger partial charge in [-0.05, 0) is 74.0 Å². The van der Waals surface area contributed by atoms with E-state index in [0.717, 1.165) is 33.5 Å². The van der Waals surface area contributed by atoms with E-state index < -0.39 is 24.6 Å². The van der Waals surface area contributed by atoms with E-state index in [4.69, 9.17) is 33.2 Å². The molecule has 0 bridgehead atoms. The number of hydrogen-bond donors (Lipinski definition) is 2. The summed E-state index contributed by atoms with van der Waals surface area (Å²) < 4.78 is 40.5. The van der Waals surface area contributed by atoms with Crippen LogP contribution in [0.25, 0.3) is 0 Å². The number of anilines is 1. The summed E-state index contributed by atoms with van der Waals surface area (Å²) in [6.45, 7) is 6.84. The van der Waals surface area contributed by atoms with Crippen LogP contribution in [-0.2, 0) is 36.7 Å². The Morgan fingerprint density at radius 3 is 2.51 bits per heavy atom. The van der Waals surface area contributed by atoms with Crippen LogP contribution in [0.5, 0.6) is 11.5 Å². The molecule has 1 aliphatic carbocycles. The first kappa shape index (κ1) is 35.5. The fraction of sp³-hybridized carbons (Fsp3) is 0.486. The van der Waals surface area contributed by atoms with Gasteiger partial charge >= 0.3 is 18.3 Å².